The number of hydrogen-bond donors (Lipinski definition) is 1. The van der Waals surface area contributed by atoms with E-state index in [0.29, 0.717) is 10.4 Å². The number of carbonyl (C=O) groups is 1. The monoisotopic (exact) mass is 383 g/mol. The number of carbonyl (C=O) groups excluding carboxylic acids is 1. The van der Waals surface area contributed by atoms with E-state index >= 15 is 0 Å². The molecule has 0 fully saturated rings. The Morgan fingerprint density at radius 3 is 2.17 bits per heavy atom. The lowest BCUT2D eigenvalue weighted by atomic mass is 9.94. The molecule has 0 radical (unpaired) electrons. The van der Waals surface area contributed by atoms with E-state index in [0.717, 1.165) is 28.2 Å². The van der Waals surface area contributed by atoms with E-state index in [9.17, 15) is 4.79 Å². The molecule has 1 aliphatic rings. The zero-order valence-electron chi connectivity index (χ0n) is 12.9. The van der Waals surface area contributed by atoms with Gasteiger partial charge >= 0.3 is 0 Å². The predicted molar refractivity (Wildman–Crippen MR) is 93.4 cm³/mol. The molecule has 1 aromatic heterocycles. The topological polar surface area (TPSA) is 51.5 Å². The maximum Gasteiger partial charge on any atom is 0.288 e. The molecule has 0 aliphatic carbocycles. The standard InChI is InChI=1S/C19H14BrNO3/c1-11-10-16(20)24-18(11)19(22)21-17-12-6-2-4-8-14(12)23-15-9-5-3-7-13(15)17/h2-10,17H,1H3,(H,21,22). The third kappa shape index (κ3) is 2.51. The van der Waals surface area contributed by atoms with Crippen molar-refractivity contribution in [3.05, 3.63) is 81.7 Å². The van der Waals surface area contributed by atoms with E-state index in [4.69, 9.17) is 9.15 Å². The quantitative estimate of drug-likeness (QED) is 0.678. The molecular weight excluding hydrogens is 370 g/mol. The second-order valence-corrected chi connectivity index (χ2v) is 6.43. The molecule has 0 saturated heterocycles. The maximum atomic E-state index is 12.7. The van der Waals surface area contributed by atoms with Gasteiger partial charge in [-0.1, -0.05) is 36.4 Å². The van der Waals surface area contributed by atoms with Crippen LogP contribution in [0.15, 0.2) is 63.7 Å². The summed E-state index contributed by atoms with van der Waals surface area (Å²) in [7, 11) is 0. The number of ether oxygens (including phenoxy) is 1. The molecule has 2 aromatic carbocycles. The number of furan rings is 1. The first-order chi connectivity index (χ1) is 11.6. The van der Waals surface area contributed by atoms with Crippen LogP contribution in [0.4, 0.5) is 0 Å². The molecule has 1 aliphatic heterocycles. The van der Waals surface area contributed by atoms with Gasteiger partial charge in [0.2, 0.25) is 0 Å². The number of hydrogen-bond acceptors (Lipinski definition) is 3. The Hall–Kier alpha value is -2.53. The van der Waals surface area contributed by atoms with E-state index in [1.165, 1.54) is 0 Å². The van der Waals surface area contributed by atoms with Gasteiger partial charge in [-0.25, -0.2) is 0 Å². The van der Waals surface area contributed by atoms with E-state index in [1.54, 1.807) is 6.07 Å². The molecule has 0 saturated carbocycles. The molecule has 0 atom stereocenters. The maximum absolute atomic E-state index is 12.7. The van der Waals surface area contributed by atoms with Crippen molar-refractivity contribution in [1.29, 1.82) is 0 Å². The highest BCUT2D eigenvalue weighted by Crippen LogP contribution is 2.42. The van der Waals surface area contributed by atoms with Gasteiger partial charge in [-0.15, -0.1) is 0 Å². The number of amides is 1. The van der Waals surface area contributed by atoms with Crippen LogP contribution in [0.5, 0.6) is 11.5 Å². The van der Waals surface area contributed by atoms with E-state index in [1.807, 2.05) is 55.5 Å². The lowest BCUT2D eigenvalue weighted by molar-refractivity contribution is 0.0911. The smallest absolute Gasteiger partial charge is 0.288 e. The summed E-state index contributed by atoms with van der Waals surface area (Å²) in [5.74, 6) is 1.55. The predicted octanol–water partition coefficient (Wildman–Crippen LogP) is 4.98. The first-order valence-electron chi connectivity index (χ1n) is 7.56. The number of halogens is 1. The molecule has 0 bridgehead atoms. The molecule has 0 unspecified atom stereocenters. The summed E-state index contributed by atoms with van der Waals surface area (Å²) in [5.41, 5.74) is 2.63. The Balaban J connectivity index is 1.75. The van der Waals surface area contributed by atoms with E-state index in [2.05, 4.69) is 21.2 Å². The van der Waals surface area contributed by atoms with E-state index in [-0.39, 0.29) is 11.9 Å². The molecule has 1 N–H and O–H groups in total. The minimum atomic E-state index is -0.290. The Kier molecular flexibility index (Phi) is 3.65. The van der Waals surface area contributed by atoms with Crippen molar-refractivity contribution in [2.45, 2.75) is 13.0 Å². The summed E-state index contributed by atoms with van der Waals surface area (Å²) in [4.78, 5) is 12.7. The van der Waals surface area contributed by atoms with Crippen LogP contribution in [-0.4, -0.2) is 5.91 Å². The third-order valence-electron chi connectivity index (χ3n) is 4.05. The van der Waals surface area contributed by atoms with Crippen LogP contribution >= 0.6 is 15.9 Å². The summed E-state index contributed by atoms with van der Waals surface area (Å²) in [6.45, 7) is 1.84. The highest BCUT2D eigenvalue weighted by atomic mass is 79.9. The zero-order valence-corrected chi connectivity index (χ0v) is 14.5. The summed E-state index contributed by atoms with van der Waals surface area (Å²) >= 11 is 3.26. The van der Waals surface area contributed by atoms with Gasteiger partial charge in [-0.05, 0) is 41.1 Å². The van der Waals surface area contributed by atoms with Crippen LogP contribution in [0, 0.1) is 6.92 Å². The van der Waals surface area contributed by atoms with Gasteiger partial charge in [-0.2, -0.15) is 0 Å². The molecule has 3 aromatic rings. The van der Waals surface area contributed by atoms with Gasteiger partial charge in [0.05, 0.1) is 6.04 Å². The SMILES string of the molecule is Cc1cc(Br)oc1C(=O)NC1c2ccccc2Oc2ccccc21. The van der Waals surface area contributed by atoms with Gasteiger partial charge in [0, 0.05) is 16.7 Å². The molecule has 5 heteroatoms. The molecule has 120 valence electrons. The van der Waals surface area contributed by atoms with Gasteiger partial charge in [0.1, 0.15) is 11.5 Å². The molecule has 4 nitrogen and oxygen atoms in total. The number of rotatable bonds is 2. The summed E-state index contributed by atoms with van der Waals surface area (Å²) < 4.78 is 11.9. The highest BCUT2D eigenvalue weighted by molar-refractivity contribution is 9.10. The summed E-state index contributed by atoms with van der Waals surface area (Å²) in [6, 6.07) is 16.9. The largest absolute Gasteiger partial charge is 0.457 e. The second kappa shape index (κ2) is 5.83. The van der Waals surface area contributed by atoms with Crippen molar-refractivity contribution >= 4 is 21.8 Å². The molecule has 24 heavy (non-hydrogen) atoms. The van der Waals surface area contributed by atoms with Crippen LogP contribution in [0.2, 0.25) is 0 Å². The first kappa shape index (κ1) is 15.0. The van der Waals surface area contributed by atoms with Crippen LogP contribution in [0.25, 0.3) is 0 Å². The Labute approximate surface area is 147 Å². The Morgan fingerprint density at radius 1 is 1.04 bits per heavy atom. The van der Waals surface area contributed by atoms with Crippen molar-refractivity contribution < 1.29 is 13.9 Å². The lowest BCUT2D eigenvalue weighted by Crippen LogP contribution is -2.31. The first-order valence-corrected chi connectivity index (χ1v) is 8.35. The molecular formula is C19H14BrNO3. The number of para-hydroxylation sites is 2. The number of aryl methyl sites for hydroxylation is 1. The number of benzene rings is 2. The van der Waals surface area contributed by atoms with Crippen LogP contribution in [0.1, 0.15) is 33.3 Å². The minimum absolute atomic E-state index is 0.255. The van der Waals surface area contributed by atoms with Crippen molar-refractivity contribution in [2.24, 2.45) is 0 Å². The summed E-state index contributed by atoms with van der Waals surface area (Å²) in [6.07, 6.45) is 0. The van der Waals surface area contributed by atoms with Gasteiger partial charge in [0.15, 0.2) is 10.4 Å². The average Bonchev–Trinajstić information content (AvgIpc) is 2.93. The van der Waals surface area contributed by atoms with Crippen molar-refractivity contribution in [2.75, 3.05) is 0 Å². The molecule has 0 spiro atoms. The highest BCUT2D eigenvalue weighted by Gasteiger charge is 2.29. The van der Waals surface area contributed by atoms with Gasteiger partial charge in [0.25, 0.3) is 5.91 Å². The number of nitrogens with one attached hydrogen (secondary N) is 1. The lowest BCUT2D eigenvalue weighted by Gasteiger charge is -2.28. The average molecular weight is 384 g/mol. The summed E-state index contributed by atoms with van der Waals surface area (Å²) in [5, 5.41) is 3.07. The normalized spacial score (nSPS) is 12.9. The number of fused-ring (bicyclic) bond motifs is 2. The Morgan fingerprint density at radius 2 is 1.62 bits per heavy atom. The van der Waals surface area contributed by atoms with Gasteiger partial charge in [-0.3, -0.25) is 4.79 Å². The van der Waals surface area contributed by atoms with Crippen molar-refractivity contribution in [1.82, 2.24) is 5.32 Å². The van der Waals surface area contributed by atoms with Crippen molar-refractivity contribution in [3.63, 3.8) is 0 Å². The van der Waals surface area contributed by atoms with Crippen molar-refractivity contribution in [3.8, 4) is 11.5 Å². The fourth-order valence-electron chi connectivity index (χ4n) is 2.93. The Bertz CT molecular complexity index is 886. The molecule has 2 heterocycles. The fraction of sp³-hybridized carbons (Fsp3) is 0.105. The second-order valence-electron chi connectivity index (χ2n) is 5.65. The van der Waals surface area contributed by atoms with E-state index < -0.39 is 0 Å². The fourth-order valence-corrected chi connectivity index (χ4v) is 3.44. The van der Waals surface area contributed by atoms with Crippen LogP contribution in [0.3, 0.4) is 0 Å². The molecule has 4 rings (SSSR count). The minimum Gasteiger partial charge on any atom is -0.457 e. The third-order valence-corrected chi connectivity index (χ3v) is 4.44. The zero-order chi connectivity index (χ0) is 16.7. The van der Waals surface area contributed by atoms with Crippen LogP contribution < -0.4 is 10.1 Å². The molecule has 1 amide bonds. The van der Waals surface area contributed by atoms with Crippen LogP contribution in [-0.2, 0) is 0 Å². The van der Waals surface area contributed by atoms with Gasteiger partial charge < -0.3 is 14.5 Å².